The maximum absolute atomic E-state index is 12.0. The van der Waals surface area contributed by atoms with E-state index < -0.39 is 0 Å². The Morgan fingerprint density at radius 3 is 2.56 bits per heavy atom. The van der Waals surface area contributed by atoms with Gasteiger partial charge in [-0.05, 0) is 32.0 Å². The van der Waals surface area contributed by atoms with Gasteiger partial charge in [0, 0.05) is 26.6 Å². The Hall–Kier alpha value is -0.640. The van der Waals surface area contributed by atoms with Crippen molar-refractivity contribution in [2.45, 2.75) is 20.3 Å². The minimum absolute atomic E-state index is 0.181. The van der Waals surface area contributed by atoms with Crippen molar-refractivity contribution in [3.8, 4) is 0 Å². The van der Waals surface area contributed by atoms with Gasteiger partial charge in [0.15, 0.2) is 5.78 Å². The van der Waals surface area contributed by atoms with E-state index in [1.54, 1.807) is 11.3 Å². The zero-order chi connectivity index (χ0) is 11.7. The maximum atomic E-state index is 12.0. The van der Waals surface area contributed by atoms with Crippen LogP contribution in [0, 0.1) is 13.8 Å². The van der Waals surface area contributed by atoms with Gasteiger partial charge in [-0.2, -0.15) is 0 Å². The minimum atomic E-state index is 0.181. The van der Waals surface area contributed by atoms with Crippen LogP contribution < -0.4 is 0 Å². The third kappa shape index (κ3) is 2.54. The normalized spacial score (nSPS) is 10.7. The van der Waals surface area contributed by atoms with E-state index in [2.05, 4.69) is 0 Å². The van der Waals surface area contributed by atoms with Crippen molar-refractivity contribution >= 4 is 40.1 Å². The van der Waals surface area contributed by atoms with E-state index in [-0.39, 0.29) is 5.78 Å². The van der Waals surface area contributed by atoms with Gasteiger partial charge in [-0.1, -0.05) is 11.6 Å². The summed E-state index contributed by atoms with van der Waals surface area (Å²) in [6.45, 7) is 4.02. The van der Waals surface area contributed by atoms with E-state index in [0.717, 1.165) is 19.7 Å². The molecule has 0 aliphatic heterocycles. The lowest BCUT2D eigenvalue weighted by atomic mass is 10.1. The average molecular weight is 271 g/mol. The summed E-state index contributed by atoms with van der Waals surface area (Å²) in [6, 6.07) is 5.72. The molecule has 0 atom stereocenters. The Morgan fingerprint density at radius 2 is 2.06 bits per heavy atom. The predicted octanol–water partition coefficient (Wildman–Crippen LogP) is 4.51. The summed E-state index contributed by atoms with van der Waals surface area (Å²) in [6.07, 6.45) is 0.453. The van der Waals surface area contributed by atoms with E-state index in [9.17, 15) is 4.79 Å². The van der Waals surface area contributed by atoms with Crippen LogP contribution in [0.2, 0.25) is 4.34 Å². The molecular formula is C12H11ClOS2. The quantitative estimate of drug-likeness (QED) is 0.750. The molecule has 0 saturated carbocycles. The largest absolute Gasteiger partial charge is 0.294 e. The summed E-state index contributed by atoms with van der Waals surface area (Å²) in [5.74, 6) is 0.181. The number of hydrogen-bond acceptors (Lipinski definition) is 3. The van der Waals surface area contributed by atoms with Crippen molar-refractivity contribution < 1.29 is 4.79 Å². The van der Waals surface area contributed by atoms with Crippen molar-refractivity contribution in [3.63, 3.8) is 0 Å². The van der Waals surface area contributed by atoms with Crippen molar-refractivity contribution in [2.24, 2.45) is 0 Å². The number of carbonyl (C=O) groups excluding carboxylic acids is 1. The molecule has 4 heteroatoms. The molecule has 0 amide bonds. The van der Waals surface area contributed by atoms with Crippen LogP contribution in [0.25, 0.3) is 0 Å². The highest BCUT2D eigenvalue weighted by atomic mass is 35.5. The Bertz CT molecular complexity index is 525. The van der Waals surface area contributed by atoms with E-state index >= 15 is 0 Å². The van der Waals surface area contributed by atoms with Crippen molar-refractivity contribution in [3.05, 3.63) is 42.7 Å². The fourth-order valence-electron chi connectivity index (χ4n) is 1.61. The molecule has 0 fully saturated rings. The second kappa shape index (κ2) is 4.70. The molecule has 0 bridgehead atoms. The van der Waals surface area contributed by atoms with Gasteiger partial charge in [-0.3, -0.25) is 4.79 Å². The molecule has 0 saturated heterocycles. The molecule has 2 aromatic rings. The van der Waals surface area contributed by atoms with Crippen LogP contribution in [-0.4, -0.2) is 5.78 Å². The van der Waals surface area contributed by atoms with E-state index in [4.69, 9.17) is 11.6 Å². The number of halogens is 1. The highest BCUT2D eigenvalue weighted by Gasteiger charge is 2.13. The van der Waals surface area contributed by atoms with Crippen LogP contribution in [0.1, 0.15) is 25.0 Å². The third-order valence-electron chi connectivity index (χ3n) is 2.31. The van der Waals surface area contributed by atoms with Crippen LogP contribution >= 0.6 is 34.3 Å². The molecule has 0 aliphatic rings. The summed E-state index contributed by atoms with van der Waals surface area (Å²) in [4.78, 5) is 15.3. The van der Waals surface area contributed by atoms with Crippen LogP contribution in [0.4, 0.5) is 0 Å². The number of rotatable bonds is 3. The third-order valence-corrected chi connectivity index (χ3v) is 4.50. The number of hydrogen-bond donors (Lipinski definition) is 0. The van der Waals surface area contributed by atoms with Gasteiger partial charge < -0.3 is 0 Å². The summed E-state index contributed by atoms with van der Waals surface area (Å²) < 4.78 is 0.737. The first-order valence-electron chi connectivity index (χ1n) is 4.90. The van der Waals surface area contributed by atoms with Gasteiger partial charge in [-0.15, -0.1) is 22.7 Å². The average Bonchev–Trinajstić information content (AvgIpc) is 2.73. The van der Waals surface area contributed by atoms with Crippen LogP contribution in [0.15, 0.2) is 18.2 Å². The Morgan fingerprint density at radius 1 is 1.31 bits per heavy atom. The Labute approximate surface area is 108 Å². The monoisotopic (exact) mass is 270 g/mol. The molecule has 2 aromatic heterocycles. The Kier molecular flexibility index (Phi) is 3.47. The molecule has 0 spiro atoms. The van der Waals surface area contributed by atoms with E-state index in [1.165, 1.54) is 16.2 Å². The van der Waals surface area contributed by atoms with Crippen LogP contribution in [0.3, 0.4) is 0 Å². The topological polar surface area (TPSA) is 17.1 Å². The van der Waals surface area contributed by atoms with Crippen molar-refractivity contribution in [1.29, 1.82) is 0 Å². The van der Waals surface area contributed by atoms with Crippen molar-refractivity contribution in [1.82, 2.24) is 0 Å². The van der Waals surface area contributed by atoms with Gasteiger partial charge in [0.2, 0.25) is 0 Å². The maximum Gasteiger partial charge on any atom is 0.169 e. The summed E-state index contributed by atoms with van der Waals surface area (Å²) in [5, 5.41) is 0. The number of Topliss-reactive ketones (excluding diaryl/α,β-unsaturated/α-hetero) is 1. The highest BCUT2D eigenvalue weighted by molar-refractivity contribution is 7.16. The van der Waals surface area contributed by atoms with E-state index in [0.29, 0.717) is 6.42 Å². The zero-order valence-corrected chi connectivity index (χ0v) is 11.4. The lowest BCUT2D eigenvalue weighted by Gasteiger charge is -1.97. The van der Waals surface area contributed by atoms with Crippen LogP contribution in [0.5, 0.6) is 0 Å². The number of aryl methyl sites for hydroxylation is 2. The molecule has 0 radical (unpaired) electrons. The summed E-state index contributed by atoms with van der Waals surface area (Å²) in [5.41, 5.74) is 0.854. The van der Waals surface area contributed by atoms with Gasteiger partial charge in [0.25, 0.3) is 0 Å². The molecule has 84 valence electrons. The summed E-state index contributed by atoms with van der Waals surface area (Å²) in [7, 11) is 0. The number of carbonyl (C=O) groups is 1. The Balaban J connectivity index is 2.17. The van der Waals surface area contributed by atoms with Crippen LogP contribution in [-0.2, 0) is 6.42 Å². The fourth-order valence-corrected chi connectivity index (χ4v) is 3.64. The molecule has 1 nitrogen and oxygen atoms in total. The zero-order valence-electron chi connectivity index (χ0n) is 9.04. The SMILES string of the molecule is Cc1cc(C(=O)Cc2ccc(Cl)s2)c(C)s1. The van der Waals surface area contributed by atoms with E-state index in [1.807, 2.05) is 32.0 Å². The summed E-state index contributed by atoms with van der Waals surface area (Å²) >= 11 is 8.98. The molecule has 0 aliphatic carbocycles. The molecule has 0 aromatic carbocycles. The first-order valence-corrected chi connectivity index (χ1v) is 6.92. The number of thiophene rings is 2. The molecule has 0 N–H and O–H groups in total. The standard InChI is InChI=1S/C12H11ClOS2/c1-7-5-10(8(2)15-7)11(14)6-9-3-4-12(13)16-9/h3-5H,6H2,1-2H3. The first kappa shape index (κ1) is 11.8. The lowest BCUT2D eigenvalue weighted by molar-refractivity contribution is 0.0993. The number of ketones is 1. The minimum Gasteiger partial charge on any atom is -0.294 e. The second-order valence-electron chi connectivity index (χ2n) is 3.63. The second-order valence-corrected chi connectivity index (χ2v) is 6.89. The lowest BCUT2D eigenvalue weighted by Crippen LogP contribution is -2.01. The molecule has 2 rings (SSSR count). The van der Waals surface area contributed by atoms with Gasteiger partial charge >= 0.3 is 0 Å². The molecule has 16 heavy (non-hydrogen) atoms. The molecule has 0 unspecified atom stereocenters. The fraction of sp³-hybridized carbons (Fsp3) is 0.250. The predicted molar refractivity (Wildman–Crippen MR) is 71.2 cm³/mol. The van der Waals surface area contributed by atoms with Crippen molar-refractivity contribution in [2.75, 3.05) is 0 Å². The highest BCUT2D eigenvalue weighted by Crippen LogP contribution is 2.25. The molecule has 2 heterocycles. The molecular weight excluding hydrogens is 260 g/mol. The van der Waals surface area contributed by atoms with Gasteiger partial charge in [0.1, 0.15) is 0 Å². The van der Waals surface area contributed by atoms with Gasteiger partial charge in [-0.25, -0.2) is 0 Å². The first-order chi connectivity index (χ1) is 7.56. The van der Waals surface area contributed by atoms with Gasteiger partial charge in [0.05, 0.1) is 4.34 Å². The smallest absolute Gasteiger partial charge is 0.169 e.